The maximum atomic E-state index is 13.7. The van der Waals surface area contributed by atoms with Crippen molar-refractivity contribution < 1.29 is 22.9 Å². The molecule has 1 aliphatic rings. The third-order valence-corrected chi connectivity index (χ3v) is 8.08. The fraction of sp³-hybridized carbons (Fsp3) is 0.481. The lowest BCUT2D eigenvalue weighted by Crippen LogP contribution is -2.53. The molecule has 0 radical (unpaired) electrons. The average molecular weight is 545 g/mol. The largest absolute Gasteiger partial charge is 0.352 e. The van der Waals surface area contributed by atoms with E-state index in [1.807, 2.05) is 30.3 Å². The number of anilines is 1. The van der Waals surface area contributed by atoms with Crippen molar-refractivity contribution in [1.82, 2.24) is 10.2 Å². The maximum absolute atomic E-state index is 13.7. The van der Waals surface area contributed by atoms with Crippen LogP contribution in [-0.4, -0.2) is 61.5 Å². The van der Waals surface area contributed by atoms with E-state index in [-0.39, 0.29) is 29.9 Å². The molecule has 0 spiro atoms. The molecule has 0 heterocycles. The molecule has 1 saturated carbocycles. The van der Waals surface area contributed by atoms with E-state index in [2.05, 4.69) is 5.32 Å². The van der Waals surface area contributed by atoms with Crippen LogP contribution in [0.25, 0.3) is 0 Å². The molecule has 10 nitrogen and oxygen atoms in total. The smallest absolute Gasteiger partial charge is 0.271 e. The number of rotatable bonds is 11. The van der Waals surface area contributed by atoms with Crippen LogP contribution in [0.15, 0.2) is 48.5 Å². The zero-order valence-electron chi connectivity index (χ0n) is 22.1. The van der Waals surface area contributed by atoms with Crippen molar-refractivity contribution in [3.8, 4) is 0 Å². The van der Waals surface area contributed by atoms with Crippen molar-refractivity contribution >= 4 is 33.2 Å². The summed E-state index contributed by atoms with van der Waals surface area (Å²) in [6.07, 6.45) is 6.44. The number of benzene rings is 2. The standard InChI is InChI=1S/C27H36N4O6S/c1-20-14-15-24(31(34)35)18-25(20)30(38(3,36)37)19-26(32)29(17-16-22-10-6-4-7-11-22)21(2)27(33)28-23-12-8-5-9-13-23/h4,6-7,10-11,14-15,18,21,23H,5,8-9,12-13,16-17,19H2,1-3H3,(H,28,33)/t21-/m1/s1. The summed E-state index contributed by atoms with van der Waals surface area (Å²) in [5.41, 5.74) is 1.21. The first-order valence-corrected chi connectivity index (χ1v) is 14.7. The van der Waals surface area contributed by atoms with Gasteiger partial charge in [-0.2, -0.15) is 0 Å². The molecule has 3 rings (SSSR count). The Labute approximate surface area is 224 Å². The minimum atomic E-state index is -3.98. The molecule has 0 unspecified atom stereocenters. The Kier molecular flexibility index (Phi) is 9.84. The van der Waals surface area contributed by atoms with E-state index < -0.39 is 33.4 Å². The van der Waals surface area contributed by atoms with Crippen LogP contribution in [0, 0.1) is 17.0 Å². The summed E-state index contributed by atoms with van der Waals surface area (Å²) in [5.74, 6) is -0.848. The van der Waals surface area contributed by atoms with Crippen molar-refractivity contribution in [2.45, 2.75) is 64.5 Å². The molecule has 1 atom stereocenters. The number of amides is 2. The minimum absolute atomic E-state index is 0.0531. The van der Waals surface area contributed by atoms with Crippen LogP contribution in [0.1, 0.15) is 50.2 Å². The normalized spacial score (nSPS) is 14.9. The number of hydrogen-bond acceptors (Lipinski definition) is 6. The number of nitrogens with one attached hydrogen (secondary N) is 1. The Morgan fingerprint density at radius 1 is 1.11 bits per heavy atom. The van der Waals surface area contributed by atoms with E-state index in [1.54, 1.807) is 13.8 Å². The van der Waals surface area contributed by atoms with Gasteiger partial charge in [0, 0.05) is 24.7 Å². The maximum Gasteiger partial charge on any atom is 0.271 e. The second-order valence-corrected chi connectivity index (χ2v) is 11.7. The van der Waals surface area contributed by atoms with Gasteiger partial charge >= 0.3 is 0 Å². The Morgan fingerprint density at radius 2 is 1.76 bits per heavy atom. The van der Waals surface area contributed by atoms with E-state index in [9.17, 15) is 28.1 Å². The van der Waals surface area contributed by atoms with Crippen LogP contribution >= 0.6 is 0 Å². The summed E-state index contributed by atoms with van der Waals surface area (Å²) in [6, 6.07) is 12.6. The van der Waals surface area contributed by atoms with Gasteiger partial charge in [0.15, 0.2) is 0 Å². The number of sulfonamides is 1. The van der Waals surface area contributed by atoms with Crippen molar-refractivity contribution in [3.63, 3.8) is 0 Å². The van der Waals surface area contributed by atoms with Gasteiger partial charge in [-0.25, -0.2) is 8.42 Å². The van der Waals surface area contributed by atoms with Crippen molar-refractivity contribution in [2.75, 3.05) is 23.7 Å². The molecule has 1 N–H and O–H groups in total. The van der Waals surface area contributed by atoms with Crippen LogP contribution in [0.3, 0.4) is 0 Å². The van der Waals surface area contributed by atoms with Crippen LogP contribution in [-0.2, 0) is 26.0 Å². The van der Waals surface area contributed by atoms with Gasteiger partial charge in [0.2, 0.25) is 21.8 Å². The summed E-state index contributed by atoms with van der Waals surface area (Å²) in [6.45, 7) is 2.88. The van der Waals surface area contributed by atoms with Gasteiger partial charge in [0.25, 0.3) is 5.69 Å². The van der Waals surface area contributed by atoms with Gasteiger partial charge < -0.3 is 10.2 Å². The molecule has 2 aromatic rings. The predicted octanol–water partition coefficient (Wildman–Crippen LogP) is 3.58. The van der Waals surface area contributed by atoms with Crippen molar-refractivity contribution in [3.05, 3.63) is 69.8 Å². The quantitative estimate of drug-likeness (QED) is 0.340. The van der Waals surface area contributed by atoms with E-state index >= 15 is 0 Å². The first kappa shape index (κ1) is 29.1. The number of carbonyl (C=O) groups excluding carboxylic acids is 2. The number of hydrogen-bond donors (Lipinski definition) is 1. The van der Waals surface area contributed by atoms with E-state index in [0.29, 0.717) is 12.0 Å². The second kappa shape index (κ2) is 12.9. The zero-order chi connectivity index (χ0) is 27.9. The second-order valence-electron chi connectivity index (χ2n) is 9.84. The van der Waals surface area contributed by atoms with Crippen LogP contribution in [0.5, 0.6) is 0 Å². The monoisotopic (exact) mass is 544 g/mol. The number of aryl methyl sites for hydroxylation is 1. The molecule has 11 heteroatoms. The molecule has 0 aromatic heterocycles. The molecule has 2 aromatic carbocycles. The van der Waals surface area contributed by atoms with Gasteiger partial charge in [-0.3, -0.25) is 24.0 Å². The number of carbonyl (C=O) groups is 2. The predicted molar refractivity (Wildman–Crippen MR) is 146 cm³/mol. The Bertz CT molecular complexity index is 1250. The number of nitrogens with zero attached hydrogens (tertiary/aromatic N) is 3. The summed E-state index contributed by atoms with van der Waals surface area (Å²) in [7, 11) is -3.98. The Hall–Kier alpha value is -3.47. The number of nitro benzene ring substituents is 1. The molecule has 206 valence electrons. The molecule has 0 bridgehead atoms. The van der Waals surface area contributed by atoms with Crippen LogP contribution < -0.4 is 9.62 Å². The molecule has 0 aliphatic heterocycles. The first-order chi connectivity index (χ1) is 18.0. The van der Waals surface area contributed by atoms with Gasteiger partial charge in [0.05, 0.1) is 16.9 Å². The minimum Gasteiger partial charge on any atom is -0.352 e. The molecular formula is C27H36N4O6S. The van der Waals surface area contributed by atoms with Crippen LogP contribution in [0.2, 0.25) is 0 Å². The average Bonchev–Trinajstić information content (AvgIpc) is 2.88. The van der Waals surface area contributed by atoms with Gasteiger partial charge in [-0.05, 0) is 44.2 Å². The number of nitro groups is 1. The van der Waals surface area contributed by atoms with E-state index in [4.69, 9.17) is 0 Å². The summed E-state index contributed by atoms with van der Waals surface area (Å²) < 4.78 is 26.4. The van der Waals surface area contributed by atoms with Gasteiger partial charge in [0.1, 0.15) is 12.6 Å². The van der Waals surface area contributed by atoms with Gasteiger partial charge in [-0.1, -0.05) is 55.7 Å². The molecular weight excluding hydrogens is 508 g/mol. The summed E-state index contributed by atoms with van der Waals surface area (Å²) in [5, 5.41) is 14.4. The summed E-state index contributed by atoms with van der Waals surface area (Å²) >= 11 is 0. The Balaban J connectivity index is 1.88. The third-order valence-electron chi connectivity index (χ3n) is 6.95. The lowest BCUT2D eigenvalue weighted by Gasteiger charge is -2.33. The highest BCUT2D eigenvalue weighted by Gasteiger charge is 2.31. The molecule has 38 heavy (non-hydrogen) atoms. The third kappa shape index (κ3) is 7.77. The van der Waals surface area contributed by atoms with E-state index in [0.717, 1.165) is 54.3 Å². The topological polar surface area (TPSA) is 130 Å². The highest BCUT2D eigenvalue weighted by atomic mass is 32.2. The summed E-state index contributed by atoms with van der Waals surface area (Å²) in [4.78, 5) is 39.0. The van der Waals surface area contributed by atoms with Crippen LogP contribution in [0.4, 0.5) is 11.4 Å². The highest BCUT2D eigenvalue weighted by molar-refractivity contribution is 7.92. The van der Waals surface area contributed by atoms with Crippen molar-refractivity contribution in [1.29, 1.82) is 0 Å². The molecule has 0 saturated heterocycles. The molecule has 1 aliphatic carbocycles. The Morgan fingerprint density at radius 3 is 2.37 bits per heavy atom. The lowest BCUT2D eigenvalue weighted by molar-refractivity contribution is -0.384. The fourth-order valence-electron chi connectivity index (χ4n) is 4.71. The molecule has 1 fully saturated rings. The SMILES string of the molecule is Cc1ccc([N+](=O)[O-])cc1N(CC(=O)N(CCc1ccccc1)[C@H](C)C(=O)NC1CCCCC1)S(C)(=O)=O. The van der Waals surface area contributed by atoms with Gasteiger partial charge in [-0.15, -0.1) is 0 Å². The highest BCUT2D eigenvalue weighted by Crippen LogP contribution is 2.28. The number of non-ortho nitro benzene ring substituents is 1. The first-order valence-electron chi connectivity index (χ1n) is 12.8. The molecule has 2 amide bonds. The van der Waals surface area contributed by atoms with E-state index in [1.165, 1.54) is 17.0 Å². The lowest BCUT2D eigenvalue weighted by atomic mass is 9.95. The fourth-order valence-corrected chi connectivity index (χ4v) is 5.61. The zero-order valence-corrected chi connectivity index (χ0v) is 22.9. The van der Waals surface area contributed by atoms with Crippen molar-refractivity contribution in [2.24, 2.45) is 0 Å².